The van der Waals surface area contributed by atoms with Crippen molar-refractivity contribution in [2.45, 2.75) is 6.42 Å². The van der Waals surface area contributed by atoms with Crippen molar-refractivity contribution >= 4 is 17.7 Å². The Morgan fingerprint density at radius 3 is 2.90 bits per heavy atom. The van der Waals surface area contributed by atoms with Crippen molar-refractivity contribution in [2.24, 2.45) is 0 Å². The Balaban J connectivity index is 2.51. The summed E-state index contributed by atoms with van der Waals surface area (Å²) in [6, 6.07) is 4.92. The summed E-state index contributed by atoms with van der Waals surface area (Å²) in [4.78, 5) is 12.4. The highest BCUT2D eigenvalue weighted by molar-refractivity contribution is 6.30. The second-order valence-electron chi connectivity index (χ2n) is 4.28. The van der Waals surface area contributed by atoms with Crippen molar-refractivity contribution in [1.82, 2.24) is 10.2 Å². The summed E-state index contributed by atoms with van der Waals surface area (Å²) >= 11 is 5.73. The smallest absolute Gasteiger partial charge is 0.404 e. The van der Waals surface area contributed by atoms with Crippen LogP contribution in [0.4, 0.5) is 9.18 Å². The van der Waals surface area contributed by atoms with E-state index in [1.54, 1.807) is 18.2 Å². The first-order valence-corrected chi connectivity index (χ1v) is 6.65. The number of carbonyl (C=O) groups is 1. The molecule has 6 heteroatoms. The van der Waals surface area contributed by atoms with Gasteiger partial charge in [-0.3, -0.25) is 4.90 Å². The largest absolute Gasteiger partial charge is 0.465 e. The molecule has 1 rings (SSSR count). The van der Waals surface area contributed by atoms with Crippen LogP contribution >= 0.6 is 11.6 Å². The van der Waals surface area contributed by atoms with Crippen molar-refractivity contribution in [3.63, 3.8) is 0 Å². The Morgan fingerprint density at radius 2 is 2.25 bits per heavy atom. The first-order chi connectivity index (χ1) is 9.54. The molecule has 0 aliphatic heterocycles. The monoisotopic (exact) mass is 300 g/mol. The van der Waals surface area contributed by atoms with Gasteiger partial charge in [0.15, 0.2) is 0 Å². The Labute approximate surface area is 122 Å². The quantitative estimate of drug-likeness (QED) is 0.726. The van der Waals surface area contributed by atoms with Gasteiger partial charge in [-0.2, -0.15) is 0 Å². The number of hydrogen-bond acceptors (Lipinski definition) is 2. The molecule has 0 atom stereocenters. The Hall–Kier alpha value is -1.59. The van der Waals surface area contributed by atoms with Gasteiger partial charge in [0.2, 0.25) is 0 Å². The molecule has 0 unspecified atom stereocenters. The maximum atomic E-state index is 13.7. The minimum atomic E-state index is -1.05. The van der Waals surface area contributed by atoms with Crippen molar-refractivity contribution in [1.29, 1.82) is 0 Å². The highest BCUT2D eigenvalue weighted by atomic mass is 35.5. The van der Waals surface area contributed by atoms with Crippen molar-refractivity contribution < 1.29 is 14.3 Å². The molecule has 110 valence electrons. The Morgan fingerprint density at radius 1 is 1.50 bits per heavy atom. The number of nitrogens with zero attached hydrogens (tertiary/aromatic N) is 1. The third kappa shape index (κ3) is 5.59. The standard InChI is InChI=1S/C14H18ClFN2O2/c1-2-8-18(10-7-17-14(19)20)9-6-11-4-3-5-12(15)13(11)16/h2-5,17H,1,6-10H2,(H,19,20). The van der Waals surface area contributed by atoms with Crippen LogP contribution in [0, 0.1) is 5.82 Å². The zero-order chi connectivity index (χ0) is 15.0. The molecule has 0 saturated heterocycles. The van der Waals surface area contributed by atoms with Gasteiger partial charge in [0.25, 0.3) is 0 Å². The summed E-state index contributed by atoms with van der Waals surface area (Å²) in [6.45, 7) is 5.74. The van der Waals surface area contributed by atoms with Crippen LogP contribution in [-0.4, -0.2) is 42.3 Å². The van der Waals surface area contributed by atoms with Gasteiger partial charge in [-0.1, -0.05) is 29.8 Å². The fourth-order valence-corrected chi connectivity index (χ4v) is 2.01. The van der Waals surface area contributed by atoms with Crippen LogP contribution in [0.3, 0.4) is 0 Å². The number of halogens is 2. The molecule has 0 saturated carbocycles. The van der Waals surface area contributed by atoms with Crippen LogP contribution in [0.2, 0.25) is 5.02 Å². The molecule has 1 aromatic carbocycles. The summed E-state index contributed by atoms with van der Waals surface area (Å²) in [5, 5.41) is 10.9. The van der Waals surface area contributed by atoms with Crippen molar-refractivity contribution in [3.05, 3.63) is 47.3 Å². The molecule has 1 amide bonds. The van der Waals surface area contributed by atoms with E-state index < -0.39 is 11.9 Å². The maximum Gasteiger partial charge on any atom is 0.404 e. The van der Waals surface area contributed by atoms with E-state index in [0.29, 0.717) is 38.2 Å². The number of rotatable bonds is 8. The molecule has 0 heterocycles. The lowest BCUT2D eigenvalue weighted by Gasteiger charge is -2.20. The summed E-state index contributed by atoms with van der Waals surface area (Å²) < 4.78 is 13.7. The number of amides is 1. The van der Waals surface area contributed by atoms with E-state index in [4.69, 9.17) is 16.7 Å². The lowest BCUT2D eigenvalue weighted by Crippen LogP contribution is -2.35. The topological polar surface area (TPSA) is 52.6 Å². The molecular formula is C14H18ClFN2O2. The molecule has 2 N–H and O–H groups in total. The molecule has 0 fully saturated rings. The van der Waals surface area contributed by atoms with E-state index >= 15 is 0 Å². The van der Waals surface area contributed by atoms with E-state index in [-0.39, 0.29) is 5.02 Å². The van der Waals surface area contributed by atoms with E-state index in [2.05, 4.69) is 11.9 Å². The summed E-state index contributed by atoms with van der Waals surface area (Å²) in [7, 11) is 0. The Kier molecular flexibility index (Phi) is 7.04. The van der Waals surface area contributed by atoms with E-state index in [1.165, 1.54) is 6.07 Å². The van der Waals surface area contributed by atoms with Crippen LogP contribution in [-0.2, 0) is 6.42 Å². The predicted molar refractivity (Wildman–Crippen MR) is 77.8 cm³/mol. The first kappa shape index (κ1) is 16.5. The third-order valence-corrected chi connectivity index (χ3v) is 3.11. The highest BCUT2D eigenvalue weighted by Gasteiger charge is 2.09. The number of benzene rings is 1. The molecule has 0 aliphatic carbocycles. The summed E-state index contributed by atoms with van der Waals surface area (Å²) in [5.41, 5.74) is 0.553. The van der Waals surface area contributed by atoms with E-state index in [9.17, 15) is 9.18 Å². The normalized spacial score (nSPS) is 10.6. The van der Waals surface area contributed by atoms with E-state index in [0.717, 1.165) is 0 Å². The number of carboxylic acid groups (broad SMARTS) is 1. The fourth-order valence-electron chi connectivity index (χ4n) is 1.82. The molecule has 0 radical (unpaired) electrons. The maximum absolute atomic E-state index is 13.7. The second kappa shape index (κ2) is 8.55. The molecule has 0 aliphatic rings. The zero-order valence-electron chi connectivity index (χ0n) is 11.1. The molecule has 1 aromatic rings. The minimum absolute atomic E-state index is 0.116. The molecular weight excluding hydrogens is 283 g/mol. The molecule has 4 nitrogen and oxygen atoms in total. The van der Waals surface area contributed by atoms with Gasteiger partial charge in [-0.05, 0) is 18.1 Å². The molecule has 0 bridgehead atoms. The average molecular weight is 301 g/mol. The second-order valence-corrected chi connectivity index (χ2v) is 4.69. The zero-order valence-corrected chi connectivity index (χ0v) is 11.9. The van der Waals surface area contributed by atoms with Gasteiger partial charge in [-0.15, -0.1) is 6.58 Å². The lowest BCUT2D eigenvalue weighted by atomic mass is 10.1. The van der Waals surface area contributed by atoms with Crippen LogP contribution in [0.1, 0.15) is 5.56 Å². The molecule has 0 spiro atoms. The van der Waals surface area contributed by atoms with Crippen molar-refractivity contribution in [2.75, 3.05) is 26.2 Å². The van der Waals surface area contributed by atoms with Crippen LogP contribution < -0.4 is 5.32 Å². The SMILES string of the molecule is C=CCN(CCNC(=O)O)CCc1cccc(Cl)c1F. The number of nitrogens with one attached hydrogen (secondary N) is 1. The predicted octanol–water partition coefficient (Wildman–Crippen LogP) is 2.78. The minimum Gasteiger partial charge on any atom is -0.465 e. The average Bonchev–Trinajstić information content (AvgIpc) is 2.40. The first-order valence-electron chi connectivity index (χ1n) is 6.27. The van der Waals surface area contributed by atoms with Gasteiger partial charge in [0.05, 0.1) is 5.02 Å². The summed E-state index contributed by atoms with van der Waals surface area (Å²) in [6.07, 6.45) is 1.19. The van der Waals surface area contributed by atoms with Gasteiger partial charge in [-0.25, -0.2) is 9.18 Å². The van der Waals surface area contributed by atoms with Crippen LogP contribution in [0.5, 0.6) is 0 Å². The summed E-state index contributed by atoms with van der Waals surface area (Å²) in [5.74, 6) is -0.392. The molecule has 0 aromatic heterocycles. The lowest BCUT2D eigenvalue weighted by molar-refractivity contribution is 0.192. The van der Waals surface area contributed by atoms with Crippen molar-refractivity contribution in [3.8, 4) is 0 Å². The van der Waals surface area contributed by atoms with Gasteiger partial charge >= 0.3 is 6.09 Å². The van der Waals surface area contributed by atoms with Gasteiger partial charge < -0.3 is 10.4 Å². The van der Waals surface area contributed by atoms with E-state index in [1.807, 2.05) is 4.90 Å². The van der Waals surface area contributed by atoms with Crippen LogP contribution in [0.25, 0.3) is 0 Å². The third-order valence-electron chi connectivity index (χ3n) is 2.82. The van der Waals surface area contributed by atoms with Gasteiger partial charge in [0, 0.05) is 26.2 Å². The Bertz CT molecular complexity index is 468. The van der Waals surface area contributed by atoms with Crippen LogP contribution in [0.15, 0.2) is 30.9 Å². The molecule has 20 heavy (non-hydrogen) atoms. The fraction of sp³-hybridized carbons (Fsp3) is 0.357. The van der Waals surface area contributed by atoms with Gasteiger partial charge in [0.1, 0.15) is 5.82 Å². The highest BCUT2D eigenvalue weighted by Crippen LogP contribution is 2.18. The number of hydrogen-bond donors (Lipinski definition) is 2.